The first kappa shape index (κ1) is 20.7. The summed E-state index contributed by atoms with van der Waals surface area (Å²) in [7, 11) is 2.08. The number of aromatic nitrogens is 4. The Labute approximate surface area is 189 Å². The Bertz CT molecular complexity index is 1350. The standard InChI is InChI=1S/C23H23ClN6O2/c1-13-10-15(11-18(24)26-13)19-20(17-5-4-14(2)32-17)28-23-21(27-19)22(31)16(12-25-23)30-8-6-29(3)7-9-30/h4-5,10-12H,6-9H2,1-3H3,(H,25,28,31). The lowest BCUT2D eigenvalue weighted by molar-refractivity contribution is 0.312. The first-order chi connectivity index (χ1) is 15.4. The second-order valence-corrected chi connectivity index (χ2v) is 8.53. The molecule has 0 bridgehead atoms. The number of hydrogen-bond donors (Lipinski definition) is 1. The predicted octanol–water partition coefficient (Wildman–Crippen LogP) is 3.66. The van der Waals surface area contributed by atoms with Crippen molar-refractivity contribution < 1.29 is 4.42 Å². The van der Waals surface area contributed by atoms with Crippen LogP contribution in [0.4, 0.5) is 5.69 Å². The number of H-pyrrole nitrogens is 1. The topological polar surface area (TPSA) is 91.2 Å². The summed E-state index contributed by atoms with van der Waals surface area (Å²) in [5.74, 6) is 1.33. The van der Waals surface area contributed by atoms with Crippen LogP contribution in [0.5, 0.6) is 0 Å². The molecule has 0 radical (unpaired) electrons. The number of anilines is 1. The van der Waals surface area contributed by atoms with Crippen molar-refractivity contribution in [1.82, 2.24) is 24.8 Å². The maximum Gasteiger partial charge on any atom is 0.232 e. The molecule has 9 heteroatoms. The van der Waals surface area contributed by atoms with E-state index in [9.17, 15) is 4.79 Å². The molecule has 32 heavy (non-hydrogen) atoms. The number of hydrogen-bond acceptors (Lipinski definition) is 7. The van der Waals surface area contributed by atoms with Crippen LogP contribution in [0.1, 0.15) is 11.5 Å². The van der Waals surface area contributed by atoms with Gasteiger partial charge in [0, 0.05) is 43.6 Å². The number of nitrogens with zero attached hydrogens (tertiary/aromatic N) is 5. The zero-order valence-corrected chi connectivity index (χ0v) is 18.9. The quantitative estimate of drug-likeness (QED) is 0.476. The van der Waals surface area contributed by atoms with Crippen molar-refractivity contribution >= 4 is 28.5 Å². The summed E-state index contributed by atoms with van der Waals surface area (Å²) in [5.41, 5.74) is 3.70. The Morgan fingerprint density at radius 1 is 1.03 bits per heavy atom. The van der Waals surface area contributed by atoms with Gasteiger partial charge in [-0.05, 0) is 45.2 Å². The summed E-state index contributed by atoms with van der Waals surface area (Å²) >= 11 is 6.23. The van der Waals surface area contributed by atoms with Gasteiger partial charge < -0.3 is 19.2 Å². The summed E-state index contributed by atoms with van der Waals surface area (Å²) in [6, 6.07) is 7.32. The highest BCUT2D eigenvalue weighted by atomic mass is 35.5. The molecule has 0 spiro atoms. The van der Waals surface area contributed by atoms with E-state index >= 15 is 0 Å². The Morgan fingerprint density at radius 2 is 1.81 bits per heavy atom. The molecule has 8 nitrogen and oxygen atoms in total. The van der Waals surface area contributed by atoms with Crippen LogP contribution in [0.3, 0.4) is 0 Å². The highest BCUT2D eigenvalue weighted by molar-refractivity contribution is 6.29. The molecule has 5 rings (SSSR count). The average Bonchev–Trinajstić information content (AvgIpc) is 3.20. The largest absolute Gasteiger partial charge is 0.460 e. The monoisotopic (exact) mass is 450 g/mol. The van der Waals surface area contributed by atoms with Crippen molar-refractivity contribution in [2.45, 2.75) is 13.8 Å². The summed E-state index contributed by atoms with van der Waals surface area (Å²) in [6.07, 6.45) is 1.73. The van der Waals surface area contributed by atoms with E-state index in [0.29, 0.717) is 33.6 Å². The lowest BCUT2D eigenvalue weighted by atomic mass is 10.1. The minimum Gasteiger partial charge on any atom is -0.460 e. The van der Waals surface area contributed by atoms with Gasteiger partial charge in [0.15, 0.2) is 16.9 Å². The molecule has 0 aromatic carbocycles. The molecule has 1 N–H and O–H groups in total. The van der Waals surface area contributed by atoms with Crippen LogP contribution in [0.25, 0.3) is 33.9 Å². The molecule has 4 aromatic heterocycles. The number of furan rings is 1. The maximum atomic E-state index is 13.4. The first-order valence-corrected chi connectivity index (χ1v) is 10.8. The Hall–Kier alpha value is -3.23. The maximum absolute atomic E-state index is 13.4. The third kappa shape index (κ3) is 3.76. The van der Waals surface area contributed by atoms with Crippen LogP contribution in [0.15, 0.2) is 39.7 Å². The zero-order chi connectivity index (χ0) is 22.4. The summed E-state index contributed by atoms with van der Waals surface area (Å²) in [4.78, 5) is 34.7. The molecule has 1 aliphatic rings. The molecule has 5 heterocycles. The van der Waals surface area contributed by atoms with E-state index in [2.05, 4.69) is 26.8 Å². The molecule has 0 amide bonds. The normalized spacial score (nSPS) is 14.9. The van der Waals surface area contributed by atoms with Gasteiger partial charge in [-0.25, -0.2) is 15.0 Å². The van der Waals surface area contributed by atoms with E-state index in [1.54, 1.807) is 12.3 Å². The Balaban J connectivity index is 1.73. The van der Waals surface area contributed by atoms with E-state index in [-0.39, 0.29) is 10.9 Å². The van der Waals surface area contributed by atoms with Crippen LogP contribution in [0.2, 0.25) is 5.15 Å². The number of nitrogens with one attached hydrogen (secondary N) is 1. The van der Waals surface area contributed by atoms with Gasteiger partial charge >= 0.3 is 0 Å². The van der Waals surface area contributed by atoms with Gasteiger partial charge in [-0.2, -0.15) is 0 Å². The van der Waals surface area contributed by atoms with Crippen molar-refractivity contribution in [1.29, 1.82) is 0 Å². The molecule has 1 fully saturated rings. The van der Waals surface area contributed by atoms with Gasteiger partial charge in [0.25, 0.3) is 0 Å². The third-order valence-electron chi connectivity index (χ3n) is 5.70. The third-order valence-corrected chi connectivity index (χ3v) is 5.90. The van der Waals surface area contributed by atoms with E-state index in [1.165, 1.54) is 0 Å². The van der Waals surface area contributed by atoms with Gasteiger partial charge in [-0.1, -0.05) is 11.6 Å². The van der Waals surface area contributed by atoms with Crippen LogP contribution >= 0.6 is 11.6 Å². The molecular formula is C23H23ClN6O2. The number of fused-ring (bicyclic) bond motifs is 1. The number of halogens is 1. The molecule has 164 valence electrons. The van der Waals surface area contributed by atoms with E-state index in [4.69, 9.17) is 26.0 Å². The number of aromatic amines is 1. The van der Waals surface area contributed by atoms with E-state index < -0.39 is 0 Å². The fraction of sp³-hybridized carbons (Fsp3) is 0.304. The average molecular weight is 451 g/mol. The molecular weight excluding hydrogens is 428 g/mol. The Kier molecular flexibility index (Phi) is 5.19. The van der Waals surface area contributed by atoms with Crippen LogP contribution in [0, 0.1) is 13.8 Å². The number of pyridine rings is 2. The lowest BCUT2D eigenvalue weighted by Gasteiger charge is -2.33. The zero-order valence-electron chi connectivity index (χ0n) is 18.1. The van der Waals surface area contributed by atoms with Crippen molar-refractivity contribution in [2.75, 3.05) is 38.1 Å². The van der Waals surface area contributed by atoms with Crippen LogP contribution < -0.4 is 10.3 Å². The molecule has 0 aliphatic carbocycles. The van der Waals surface area contributed by atoms with Gasteiger partial charge in [0.1, 0.15) is 28.0 Å². The number of piperazine rings is 1. The highest BCUT2D eigenvalue weighted by Gasteiger charge is 2.22. The number of aryl methyl sites for hydroxylation is 2. The van der Waals surface area contributed by atoms with Crippen LogP contribution in [-0.2, 0) is 0 Å². The van der Waals surface area contributed by atoms with Gasteiger partial charge in [0.2, 0.25) is 5.43 Å². The van der Waals surface area contributed by atoms with Gasteiger partial charge in [-0.3, -0.25) is 4.79 Å². The highest BCUT2D eigenvalue weighted by Crippen LogP contribution is 2.32. The van der Waals surface area contributed by atoms with Crippen LogP contribution in [-0.4, -0.2) is 58.1 Å². The number of rotatable bonds is 3. The minimum atomic E-state index is -0.142. The summed E-state index contributed by atoms with van der Waals surface area (Å²) in [6.45, 7) is 7.11. The van der Waals surface area contributed by atoms with E-state index in [0.717, 1.165) is 43.2 Å². The fourth-order valence-corrected chi connectivity index (χ4v) is 4.25. The predicted molar refractivity (Wildman–Crippen MR) is 125 cm³/mol. The SMILES string of the molecule is Cc1cc(-c2nc3c(=O)c(N4CCN(C)CC4)c[nH]c3nc2-c2ccc(C)o2)cc(Cl)n1. The van der Waals surface area contributed by atoms with Crippen molar-refractivity contribution in [3.05, 3.63) is 57.3 Å². The molecule has 4 aromatic rings. The number of likely N-dealkylation sites (N-methyl/N-ethyl adjacent to an activating group) is 1. The molecule has 1 saturated heterocycles. The van der Waals surface area contributed by atoms with Gasteiger partial charge in [-0.15, -0.1) is 0 Å². The second kappa shape index (κ2) is 8.03. The second-order valence-electron chi connectivity index (χ2n) is 8.14. The molecule has 0 unspecified atom stereocenters. The first-order valence-electron chi connectivity index (χ1n) is 10.5. The fourth-order valence-electron chi connectivity index (χ4n) is 4.00. The van der Waals surface area contributed by atoms with Crippen molar-refractivity contribution in [3.8, 4) is 22.7 Å². The molecule has 0 atom stereocenters. The van der Waals surface area contributed by atoms with Crippen molar-refractivity contribution in [2.24, 2.45) is 0 Å². The lowest BCUT2D eigenvalue weighted by Crippen LogP contribution is -2.46. The molecule has 0 saturated carbocycles. The summed E-state index contributed by atoms with van der Waals surface area (Å²) in [5, 5.41) is 0.351. The minimum absolute atomic E-state index is 0.142. The summed E-state index contributed by atoms with van der Waals surface area (Å²) < 4.78 is 5.84. The Morgan fingerprint density at radius 3 is 2.50 bits per heavy atom. The van der Waals surface area contributed by atoms with E-state index in [1.807, 2.05) is 32.0 Å². The molecule has 1 aliphatic heterocycles. The smallest absolute Gasteiger partial charge is 0.232 e. The van der Waals surface area contributed by atoms with Crippen molar-refractivity contribution in [3.63, 3.8) is 0 Å². The van der Waals surface area contributed by atoms with Gasteiger partial charge in [0.05, 0.1) is 0 Å².